The quantitative estimate of drug-likeness (QED) is 0.672. The second-order valence-corrected chi connectivity index (χ2v) is 8.78. The highest BCUT2D eigenvalue weighted by molar-refractivity contribution is 5.72. The first kappa shape index (κ1) is 21.3. The zero-order valence-electron chi connectivity index (χ0n) is 17.7. The van der Waals surface area contributed by atoms with Crippen LogP contribution in [-0.4, -0.2) is 88.2 Å². The van der Waals surface area contributed by atoms with Crippen LogP contribution in [0.5, 0.6) is 11.8 Å². The van der Waals surface area contributed by atoms with Gasteiger partial charge in [-0.25, -0.2) is 4.79 Å². The molecule has 0 saturated carbocycles. The molecule has 168 valence electrons. The highest BCUT2D eigenvalue weighted by Gasteiger charge is 2.65. The van der Waals surface area contributed by atoms with Gasteiger partial charge in [-0.1, -0.05) is 0 Å². The lowest BCUT2D eigenvalue weighted by Gasteiger charge is -2.42. The smallest absolute Gasteiger partial charge is 0.347 e. The summed E-state index contributed by atoms with van der Waals surface area (Å²) in [6.07, 6.45) is -1.24. The first-order valence-electron chi connectivity index (χ1n) is 9.77. The van der Waals surface area contributed by atoms with Crippen LogP contribution >= 0.6 is 0 Å². The van der Waals surface area contributed by atoms with Gasteiger partial charge in [0.25, 0.3) is 0 Å². The minimum absolute atomic E-state index is 0.157. The lowest BCUT2D eigenvalue weighted by atomic mass is 9.96. The number of likely N-dealkylation sites (N-methyl/N-ethyl adjacent to an activating group) is 1. The Kier molecular flexibility index (Phi) is 5.03. The second kappa shape index (κ2) is 7.08. The lowest BCUT2D eigenvalue weighted by molar-refractivity contribution is -0.285. The maximum Gasteiger partial charge on any atom is 0.347 e. The molecule has 0 aliphatic carbocycles. The highest BCUT2D eigenvalue weighted by Crippen LogP contribution is 2.47. The molecule has 0 radical (unpaired) electrons. The molecule has 0 aromatic carbocycles. The molecule has 4 rings (SSSR count). The van der Waals surface area contributed by atoms with Crippen molar-refractivity contribution in [1.82, 2.24) is 9.63 Å². The molecule has 0 bridgehead atoms. The van der Waals surface area contributed by atoms with Crippen LogP contribution in [0.2, 0.25) is 0 Å². The van der Waals surface area contributed by atoms with E-state index >= 15 is 0 Å². The molecule has 3 aliphatic heterocycles. The van der Waals surface area contributed by atoms with Gasteiger partial charge in [0.1, 0.15) is 18.3 Å². The first-order chi connectivity index (χ1) is 13.9. The highest BCUT2D eigenvalue weighted by atomic mass is 16.9. The molecule has 11 heteroatoms. The maximum absolute atomic E-state index is 12.3. The molecule has 1 aromatic heterocycles. The average molecular weight is 428 g/mol. The second-order valence-electron chi connectivity index (χ2n) is 8.78. The van der Waals surface area contributed by atoms with Gasteiger partial charge in [0.2, 0.25) is 17.5 Å². The van der Waals surface area contributed by atoms with Crippen LogP contribution in [0.1, 0.15) is 27.7 Å². The van der Waals surface area contributed by atoms with Gasteiger partial charge in [0.15, 0.2) is 11.6 Å². The fourth-order valence-corrected chi connectivity index (χ4v) is 4.24. The number of carbonyl (C=O) groups excluding carboxylic acids is 1. The summed E-state index contributed by atoms with van der Waals surface area (Å²) in [5.41, 5.74) is 0. The zero-order chi connectivity index (χ0) is 21.9. The van der Waals surface area contributed by atoms with E-state index < -0.39 is 29.4 Å². The molecule has 1 aromatic rings. The molecule has 0 spiro atoms. The van der Waals surface area contributed by atoms with Crippen LogP contribution in [-0.2, 0) is 28.5 Å². The normalized spacial score (nSPS) is 34.0. The van der Waals surface area contributed by atoms with Crippen molar-refractivity contribution in [3.05, 3.63) is 12.1 Å². The lowest BCUT2D eigenvalue weighted by Crippen LogP contribution is -2.62. The third kappa shape index (κ3) is 3.88. The molecular formula is C19H28N2O9. The predicted octanol–water partition coefficient (Wildman–Crippen LogP) is 0.184. The molecule has 11 nitrogen and oxygen atoms in total. The number of hydrogen-bond donors (Lipinski definition) is 2. The summed E-state index contributed by atoms with van der Waals surface area (Å²) in [6, 6.07) is 2.41. The minimum Gasteiger partial charge on any atom is -0.492 e. The van der Waals surface area contributed by atoms with E-state index in [4.69, 9.17) is 28.5 Å². The standard InChI is InChI=1S/C19H28N2O9/c1-17(2)26-11-9-25-19(16(15(11)27-17)28-18(3,4)30-19)10-20(5)8-14(24)29-21-12(22)6-7-13(21)23/h6-7,11,15-16,22-23H,8-10H2,1-5H3/t11-,15-,16+,19+/m1/s1. The van der Waals surface area contributed by atoms with Gasteiger partial charge in [-0.3, -0.25) is 4.90 Å². The van der Waals surface area contributed by atoms with E-state index in [0.717, 1.165) is 0 Å². The van der Waals surface area contributed by atoms with E-state index in [1.165, 1.54) is 12.1 Å². The van der Waals surface area contributed by atoms with Crippen LogP contribution in [0.4, 0.5) is 0 Å². The molecule has 4 atom stereocenters. The van der Waals surface area contributed by atoms with Gasteiger partial charge in [0, 0.05) is 12.1 Å². The van der Waals surface area contributed by atoms with Crippen molar-refractivity contribution < 1.29 is 43.5 Å². The van der Waals surface area contributed by atoms with E-state index in [9.17, 15) is 15.0 Å². The number of carbonyl (C=O) groups is 1. The van der Waals surface area contributed by atoms with Crippen LogP contribution in [0.15, 0.2) is 12.1 Å². The molecule has 30 heavy (non-hydrogen) atoms. The van der Waals surface area contributed by atoms with Crippen molar-refractivity contribution in [3.63, 3.8) is 0 Å². The number of aromatic nitrogens is 1. The Morgan fingerprint density at radius 2 is 1.83 bits per heavy atom. The molecule has 3 aliphatic rings. The maximum atomic E-state index is 12.3. The number of ether oxygens (including phenoxy) is 5. The number of nitrogens with zero attached hydrogens (tertiary/aromatic N) is 2. The minimum atomic E-state index is -1.17. The summed E-state index contributed by atoms with van der Waals surface area (Å²) in [5, 5.41) is 19.2. The zero-order valence-corrected chi connectivity index (χ0v) is 17.7. The van der Waals surface area contributed by atoms with E-state index in [0.29, 0.717) is 4.73 Å². The van der Waals surface area contributed by atoms with Gasteiger partial charge in [-0.05, 0) is 34.7 Å². The molecule has 3 saturated heterocycles. The molecule has 4 heterocycles. The van der Waals surface area contributed by atoms with Crippen molar-refractivity contribution >= 4 is 5.97 Å². The number of aromatic hydroxyl groups is 2. The van der Waals surface area contributed by atoms with Crippen LogP contribution < -0.4 is 4.84 Å². The Morgan fingerprint density at radius 1 is 1.17 bits per heavy atom. The number of rotatable bonds is 5. The number of fused-ring (bicyclic) bond motifs is 3. The van der Waals surface area contributed by atoms with Crippen molar-refractivity contribution in [3.8, 4) is 11.8 Å². The van der Waals surface area contributed by atoms with Gasteiger partial charge >= 0.3 is 5.97 Å². The Morgan fingerprint density at radius 3 is 2.50 bits per heavy atom. The first-order valence-corrected chi connectivity index (χ1v) is 9.77. The summed E-state index contributed by atoms with van der Waals surface area (Å²) in [6.45, 7) is 7.54. The topological polar surface area (TPSA) is 121 Å². The van der Waals surface area contributed by atoms with E-state index in [-0.39, 0.29) is 43.7 Å². The third-order valence-corrected chi connectivity index (χ3v) is 5.15. The summed E-state index contributed by atoms with van der Waals surface area (Å²) in [4.78, 5) is 18.9. The summed E-state index contributed by atoms with van der Waals surface area (Å²) in [5.74, 6) is -4.32. The molecular weight excluding hydrogens is 400 g/mol. The fourth-order valence-electron chi connectivity index (χ4n) is 4.24. The van der Waals surface area contributed by atoms with Crippen molar-refractivity contribution in [2.75, 3.05) is 26.7 Å². The Labute approximate surface area is 173 Å². The average Bonchev–Trinajstić information content (AvgIpc) is 3.19. The third-order valence-electron chi connectivity index (χ3n) is 5.15. The van der Waals surface area contributed by atoms with Gasteiger partial charge < -0.3 is 38.7 Å². The molecule has 3 fully saturated rings. The predicted molar refractivity (Wildman–Crippen MR) is 99.4 cm³/mol. The van der Waals surface area contributed by atoms with E-state index in [1.807, 2.05) is 13.8 Å². The number of hydrogen-bond acceptors (Lipinski definition) is 10. The summed E-state index contributed by atoms with van der Waals surface area (Å²) in [7, 11) is 1.70. The largest absolute Gasteiger partial charge is 0.492 e. The van der Waals surface area contributed by atoms with Gasteiger partial charge in [-0.15, -0.1) is 4.73 Å². The Balaban J connectivity index is 1.46. The summed E-state index contributed by atoms with van der Waals surface area (Å²) < 4.78 is 31.0. The van der Waals surface area contributed by atoms with Crippen molar-refractivity contribution in [1.29, 1.82) is 0 Å². The molecule has 0 amide bonds. The SMILES string of the molecule is CN(CC(=O)On1c(O)ccc1O)C[C@@]12OC[C@H]3OC(C)(C)O[C@H]3[C@@H]1OC(C)(C)O2. The summed E-state index contributed by atoms with van der Waals surface area (Å²) >= 11 is 0. The molecule has 0 unspecified atom stereocenters. The molecule has 2 N–H and O–H groups in total. The van der Waals surface area contributed by atoms with Crippen LogP contribution in [0.25, 0.3) is 0 Å². The fraction of sp³-hybridized carbons (Fsp3) is 0.737. The van der Waals surface area contributed by atoms with Gasteiger partial charge in [0.05, 0.1) is 19.7 Å². The van der Waals surface area contributed by atoms with Gasteiger partial charge in [-0.2, -0.15) is 0 Å². The van der Waals surface area contributed by atoms with E-state index in [2.05, 4.69) is 0 Å². The monoisotopic (exact) mass is 428 g/mol. The Bertz CT molecular complexity index is 803. The van der Waals surface area contributed by atoms with Crippen LogP contribution in [0.3, 0.4) is 0 Å². The van der Waals surface area contributed by atoms with Crippen molar-refractivity contribution in [2.45, 2.75) is 63.4 Å². The Hall–Kier alpha value is -1.89. The van der Waals surface area contributed by atoms with E-state index in [1.54, 1.807) is 25.8 Å². The van der Waals surface area contributed by atoms with Crippen LogP contribution in [0, 0.1) is 0 Å². The van der Waals surface area contributed by atoms with Crippen molar-refractivity contribution in [2.24, 2.45) is 0 Å².